The van der Waals surface area contributed by atoms with Gasteiger partial charge in [-0.05, 0) is 6.42 Å². The summed E-state index contributed by atoms with van der Waals surface area (Å²) in [6.07, 6.45) is 15.4. The fraction of sp³-hybridized carbons (Fsp3) is 0.952. The Morgan fingerprint density at radius 3 is 1.93 bits per heavy atom. The van der Waals surface area contributed by atoms with Crippen molar-refractivity contribution in [2.75, 3.05) is 26.4 Å². The summed E-state index contributed by atoms with van der Waals surface area (Å²) in [7, 11) is -4.54. The highest BCUT2D eigenvalue weighted by Crippen LogP contribution is 2.37. The summed E-state index contributed by atoms with van der Waals surface area (Å²) < 4.78 is 20.3. The lowest BCUT2D eigenvalue weighted by molar-refractivity contribution is -0.227. The molecule has 1 unspecified atom stereocenters. The summed E-state index contributed by atoms with van der Waals surface area (Å²) in [6, 6.07) is 0. The van der Waals surface area contributed by atoms with Gasteiger partial charge in [0, 0.05) is 13.0 Å². The third kappa shape index (κ3) is 20.8. The van der Waals surface area contributed by atoms with Crippen LogP contribution in [0.15, 0.2) is 0 Å². The van der Waals surface area contributed by atoms with Crippen LogP contribution in [0.25, 0.3) is 0 Å². The van der Waals surface area contributed by atoms with Gasteiger partial charge < -0.3 is 29.5 Å². The summed E-state index contributed by atoms with van der Waals surface area (Å²) in [6.45, 7) is 0.902. The molecule has 0 aliphatic heterocycles. The second kappa shape index (κ2) is 20.4. The van der Waals surface area contributed by atoms with E-state index in [1.807, 2.05) is 0 Å². The Morgan fingerprint density at radius 1 is 0.933 bits per heavy atom. The van der Waals surface area contributed by atoms with Gasteiger partial charge in [0.05, 0.1) is 19.8 Å². The average Bonchev–Trinajstić information content (AvgIpc) is 2.73. The third-order valence-corrected chi connectivity index (χ3v) is 5.78. The van der Waals surface area contributed by atoms with Crippen molar-refractivity contribution in [1.29, 1.82) is 0 Å². The number of carbonyl (C=O) groups is 1. The lowest BCUT2D eigenvalue weighted by atomic mass is 10.0. The van der Waals surface area contributed by atoms with Crippen LogP contribution in [-0.4, -0.2) is 48.6 Å². The zero-order chi connectivity index (χ0) is 22.5. The van der Waals surface area contributed by atoms with E-state index >= 15 is 0 Å². The van der Waals surface area contributed by atoms with Crippen molar-refractivity contribution in [1.82, 2.24) is 5.32 Å². The molecule has 30 heavy (non-hydrogen) atoms. The van der Waals surface area contributed by atoms with Crippen LogP contribution in [0.3, 0.4) is 0 Å². The topological polar surface area (TPSA) is 128 Å². The van der Waals surface area contributed by atoms with Gasteiger partial charge in [-0.15, -0.1) is 0 Å². The molecule has 1 amide bonds. The first-order valence-corrected chi connectivity index (χ1v) is 13.0. The summed E-state index contributed by atoms with van der Waals surface area (Å²) >= 11 is 0. The molecule has 0 fully saturated rings. The molecular weight excluding hydrogens is 409 g/mol. The van der Waals surface area contributed by atoms with E-state index in [2.05, 4.69) is 21.3 Å². The molecule has 0 rings (SSSR count). The van der Waals surface area contributed by atoms with Crippen molar-refractivity contribution in [3.05, 3.63) is 0 Å². The van der Waals surface area contributed by atoms with E-state index in [4.69, 9.17) is 10.2 Å². The molecule has 0 aromatic rings. The third-order valence-electron chi connectivity index (χ3n) is 4.82. The molecule has 0 saturated heterocycles. The van der Waals surface area contributed by atoms with Crippen molar-refractivity contribution >= 4 is 13.7 Å². The summed E-state index contributed by atoms with van der Waals surface area (Å²) in [5.41, 5.74) is 0. The van der Waals surface area contributed by atoms with Gasteiger partial charge in [-0.1, -0.05) is 84.0 Å². The predicted octanol–water partition coefficient (Wildman–Crippen LogP) is 3.44. The molecule has 2 atom stereocenters. The molecular formula is C21H43NO7P-. The number of rotatable bonds is 22. The van der Waals surface area contributed by atoms with Gasteiger partial charge in [-0.25, -0.2) is 0 Å². The minimum Gasteiger partial charge on any atom is -0.756 e. The van der Waals surface area contributed by atoms with E-state index in [0.717, 1.165) is 19.3 Å². The van der Waals surface area contributed by atoms with Crippen LogP contribution in [0.2, 0.25) is 0 Å². The van der Waals surface area contributed by atoms with Crippen LogP contribution in [0, 0.1) is 0 Å². The molecule has 0 spiro atoms. The van der Waals surface area contributed by atoms with Crippen molar-refractivity contribution in [2.24, 2.45) is 0 Å². The molecule has 9 heteroatoms. The number of carbonyl (C=O) groups excluding carboxylic acids is 1. The SMILES string of the molecule is CCCCCCCCCCCCCCCC(=O)NCCOP(=O)([O-])OC[C@H](O)CO. The fourth-order valence-corrected chi connectivity index (χ4v) is 3.75. The molecule has 0 saturated carbocycles. The van der Waals surface area contributed by atoms with E-state index in [0.29, 0.717) is 6.42 Å². The highest BCUT2D eigenvalue weighted by atomic mass is 31.2. The first-order valence-electron chi connectivity index (χ1n) is 11.6. The molecule has 0 aliphatic carbocycles. The van der Waals surface area contributed by atoms with E-state index in [1.54, 1.807) is 0 Å². The highest BCUT2D eigenvalue weighted by Gasteiger charge is 2.12. The quantitative estimate of drug-likeness (QED) is 0.170. The number of aliphatic hydroxyl groups excluding tert-OH is 2. The largest absolute Gasteiger partial charge is 0.756 e. The number of unbranched alkanes of at least 4 members (excludes halogenated alkanes) is 12. The molecule has 0 aromatic heterocycles. The summed E-state index contributed by atoms with van der Waals surface area (Å²) in [5, 5.41) is 20.2. The maximum Gasteiger partial charge on any atom is 0.268 e. The maximum absolute atomic E-state index is 11.7. The minimum atomic E-state index is -4.54. The Kier molecular flexibility index (Phi) is 20.1. The molecule has 0 radical (unpaired) electrons. The van der Waals surface area contributed by atoms with E-state index < -0.39 is 27.1 Å². The number of phosphoric acid groups is 1. The monoisotopic (exact) mass is 452 g/mol. The Bertz CT molecular complexity index is 451. The lowest BCUT2D eigenvalue weighted by Gasteiger charge is -2.23. The molecule has 0 aromatic carbocycles. The first kappa shape index (κ1) is 29.5. The minimum absolute atomic E-state index is 0.0649. The lowest BCUT2D eigenvalue weighted by Crippen LogP contribution is -2.28. The Labute approximate surface area is 182 Å². The number of aliphatic hydroxyl groups is 2. The van der Waals surface area contributed by atoms with E-state index in [1.165, 1.54) is 64.2 Å². The summed E-state index contributed by atoms with van der Waals surface area (Å²) in [5.74, 6) is -0.126. The van der Waals surface area contributed by atoms with Crippen LogP contribution in [0.4, 0.5) is 0 Å². The maximum atomic E-state index is 11.7. The van der Waals surface area contributed by atoms with Gasteiger partial charge in [-0.2, -0.15) is 0 Å². The predicted molar refractivity (Wildman–Crippen MR) is 116 cm³/mol. The number of hydrogen-bond acceptors (Lipinski definition) is 7. The normalized spacial score (nSPS) is 14.4. The van der Waals surface area contributed by atoms with E-state index in [9.17, 15) is 14.3 Å². The summed E-state index contributed by atoms with van der Waals surface area (Å²) in [4.78, 5) is 23.1. The van der Waals surface area contributed by atoms with E-state index in [-0.39, 0.29) is 19.1 Å². The standard InChI is InChI=1S/C21H44NO7P/c1-2-3-4-5-6-7-8-9-10-11-12-13-14-15-21(25)22-16-17-28-30(26,27)29-19-20(24)18-23/h20,23-24H,2-19H2,1H3,(H,22,25)(H,26,27)/p-1/t20-/m1/s1. The number of amides is 1. The average molecular weight is 453 g/mol. The molecule has 0 aliphatic rings. The van der Waals surface area contributed by atoms with Crippen LogP contribution in [-0.2, 0) is 18.4 Å². The zero-order valence-electron chi connectivity index (χ0n) is 18.7. The fourth-order valence-electron chi connectivity index (χ4n) is 3.01. The first-order chi connectivity index (χ1) is 14.4. The van der Waals surface area contributed by atoms with Gasteiger partial charge in [0.15, 0.2) is 0 Å². The van der Waals surface area contributed by atoms with Crippen LogP contribution in [0.1, 0.15) is 96.8 Å². The smallest absolute Gasteiger partial charge is 0.268 e. The van der Waals surface area contributed by atoms with Gasteiger partial charge in [0.1, 0.15) is 6.10 Å². The van der Waals surface area contributed by atoms with Gasteiger partial charge in [0.2, 0.25) is 5.91 Å². The second-order valence-corrected chi connectivity index (χ2v) is 9.17. The highest BCUT2D eigenvalue weighted by molar-refractivity contribution is 7.45. The van der Waals surface area contributed by atoms with Crippen molar-refractivity contribution in [2.45, 2.75) is 103 Å². The Hall–Kier alpha value is -0.500. The van der Waals surface area contributed by atoms with Crippen LogP contribution in [0.5, 0.6) is 0 Å². The number of phosphoric ester groups is 1. The van der Waals surface area contributed by atoms with Crippen LogP contribution >= 0.6 is 7.82 Å². The molecule has 180 valence electrons. The van der Waals surface area contributed by atoms with Crippen molar-refractivity contribution in [3.8, 4) is 0 Å². The second-order valence-electron chi connectivity index (χ2n) is 7.76. The Morgan fingerprint density at radius 2 is 1.43 bits per heavy atom. The number of nitrogens with one attached hydrogen (secondary N) is 1. The van der Waals surface area contributed by atoms with Crippen molar-refractivity contribution in [3.63, 3.8) is 0 Å². The molecule has 0 bridgehead atoms. The molecule has 8 nitrogen and oxygen atoms in total. The number of hydrogen-bond donors (Lipinski definition) is 3. The molecule has 0 heterocycles. The van der Waals surface area contributed by atoms with Gasteiger partial charge >= 0.3 is 0 Å². The van der Waals surface area contributed by atoms with Gasteiger partial charge in [-0.3, -0.25) is 9.36 Å². The molecule has 3 N–H and O–H groups in total. The Balaban J connectivity index is 3.41. The van der Waals surface area contributed by atoms with Crippen LogP contribution < -0.4 is 10.2 Å². The van der Waals surface area contributed by atoms with Crippen molar-refractivity contribution < 1.29 is 33.5 Å². The zero-order valence-corrected chi connectivity index (χ0v) is 19.6. The van der Waals surface area contributed by atoms with Gasteiger partial charge in [0.25, 0.3) is 7.82 Å².